The summed E-state index contributed by atoms with van der Waals surface area (Å²) in [6.45, 7) is 0.679. The maximum Gasteiger partial charge on any atom is 0.136 e. The minimum Gasteiger partial charge on any atom is -0.456 e. The van der Waals surface area contributed by atoms with Crippen LogP contribution in [-0.2, 0) is 6.54 Å². The zero-order valence-corrected chi connectivity index (χ0v) is 31.3. The van der Waals surface area contributed by atoms with Crippen molar-refractivity contribution in [2.45, 2.75) is 6.54 Å². The van der Waals surface area contributed by atoms with Gasteiger partial charge in [0.05, 0.1) is 0 Å². The number of hydrogen-bond donors (Lipinski definition) is 0. The SMILES string of the molecule is c1cc(-c2cccc3sc4ccccc4c23)cc(N(Cc2ccccc2-c2ccc3c(c2)oc2ccccc23)c2ccc(-c3ccc4ccccc4c3)cc2)c1. The van der Waals surface area contributed by atoms with Crippen LogP contribution in [0.3, 0.4) is 0 Å². The molecule has 0 radical (unpaired) electrons. The summed E-state index contributed by atoms with van der Waals surface area (Å²) in [4.78, 5) is 2.46. The molecule has 0 amide bonds. The third kappa shape index (κ3) is 5.64. The summed E-state index contributed by atoms with van der Waals surface area (Å²) in [6.07, 6.45) is 0. The Morgan fingerprint density at radius 3 is 2.00 bits per heavy atom. The summed E-state index contributed by atoms with van der Waals surface area (Å²) in [7, 11) is 0. The second-order valence-electron chi connectivity index (χ2n) is 14.5. The lowest BCUT2D eigenvalue weighted by Gasteiger charge is -2.27. The Hall–Kier alpha value is -6.94. The molecule has 0 fully saturated rings. The molecule has 0 aliphatic heterocycles. The van der Waals surface area contributed by atoms with Crippen molar-refractivity contribution in [2.24, 2.45) is 0 Å². The van der Waals surface area contributed by atoms with Crippen LogP contribution in [0.25, 0.3) is 86.3 Å². The van der Waals surface area contributed by atoms with E-state index in [-0.39, 0.29) is 0 Å². The summed E-state index contributed by atoms with van der Waals surface area (Å²) in [5, 5.41) is 7.42. The number of rotatable bonds is 7. The van der Waals surface area contributed by atoms with Gasteiger partial charge < -0.3 is 9.32 Å². The topological polar surface area (TPSA) is 16.4 Å². The standard InChI is InChI=1S/C53H35NOS/c1-2-12-37-31-38(24-23-35(37)11-1)36-25-28-42(29-26-36)54(43-15-9-14-39(32-43)45-19-10-22-52-53(45)48-18-6-8-21-51(48)56-52)34-41-13-3-4-16-44(41)40-27-30-47-46-17-5-7-20-49(46)55-50(47)33-40/h1-33H,34H2. The Balaban J connectivity index is 1.03. The van der Waals surface area contributed by atoms with Gasteiger partial charge in [-0.1, -0.05) is 140 Å². The molecule has 0 saturated heterocycles. The Bertz CT molecular complexity index is 3240. The number of para-hydroxylation sites is 1. The maximum absolute atomic E-state index is 6.34. The van der Waals surface area contributed by atoms with E-state index in [2.05, 4.69) is 193 Å². The average Bonchev–Trinajstić information content (AvgIpc) is 3.84. The monoisotopic (exact) mass is 733 g/mol. The molecule has 3 heteroatoms. The third-order valence-electron chi connectivity index (χ3n) is 11.2. The Labute approximate surface area is 329 Å². The molecule has 9 aromatic carbocycles. The van der Waals surface area contributed by atoms with Gasteiger partial charge in [-0.25, -0.2) is 0 Å². The first-order valence-corrected chi connectivity index (χ1v) is 19.9. The summed E-state index contributed by atoms with van der Waals surface area (Å²) in [6, 6.07) is 72.6. The average molecular weight is 734 g/mol. The van der Waals surface area contributed by atoms with Crippen LogP contribution >= 0.6 is 11.3 Å². The molecule has 0 aliphatic rings. The first-order chi connectivity index (χ1) is 27.7. The highest BCUT2D eigenvalue weighted by Gasteiger charge is 2.18. The van der Waals surface area contributed by atoms with Crippen LogP contribution in [0.2, 0.25) is 0 Å². The van der Waals surface area contributed by atoms with E-state index in [1.165, 1.54) is 64.3 Å². The first-order valence-electron chi connectivity index (χ1n) is 19.1. The quantitative estimate of drug-likeness (QED) is 0.162. The molecule has 0 saturated carbocycles. The Kier molecular flexibility index (Phi) is 7.78. The van der Waals surface area contributed by atoms with Crippen LogP contribution in [0.15, 0.2) is 205 Å². The van der Waals surface area contributed by atoms with Gasteiger partial charge in [-0.3, -0.25) is 0 Å². The lowest BCUT2D eigenvalue weighted by atomic mass is 9.96. The molecule has 11 aromatic rings. The normalized spacial score (nSPS) is 11.6. The fourth-order valence-corrected chi connectivity index (χ4v) is 9.53. The van der Waals surface area contributed by atoms with Gasteiger partial charge in [0.2, 0.25) is 0 Å². The van der Waals surface area contributed by atoms with Crippen molar-refractivity contribution in [2.75, 3.05) is 4.90 Å². The lowest BCUT2D eigenvalue weighted by molar-refractivity contribution is 0.669. The van der Waals surface area contributed by atoms with Gasteiger partial charge in [0.15, 0.2) is 0 Å². The summed E-state index contributed by atoms with van der Waals surface area (Å²) < 4.78 is 8.97. The Morgan fingerprint density at radius 2 is 1.07 bits per heavy atom. The smallest absolute Gasteiger partial charge is 0.136 e. The predicted octanol–water partition coefficient (Wildman–Crippen LogP) is 15.4. The van der Waals surface area contributed by atoms with E-state index >= 15 is 0 Å². The molecule has 56 heavy (non-hydrogen) atoms. The van der Waals surface area contributed by atoms with Crippen molar-refractivity contribution in [1.29, 1.82) is 0 Å². The largest absolute Gasteiger partial charge is 0.456 e. The molecule has 11 rings (SSSR count). The van der Waals surface area contributed by atoms with E-state index in [9.17, 15) is 0 Å². The number of thiophene rings is 1. The number of furan rings is 1. The van der Waals surface area contributed by atoms with Gasteiger partial charge in [-0.15, -0.1) is 11.3 Å². The minimum absolute atomic E-state index is 0.679. The van der Waals surface area contributed by atoms with Gasteiger partial charge in [0.1, 0.15) is 11.2 Å². The third-order valence-corrected chi connectivity index (χ3v) is 12.3. The molecule has 0 N–H and O–H groups in total. The number of benzene rings is 9. The van der Waals surface area contributed by atoms with Crippen molar-refractivity contribution in [3.63, 3.8) is 0 Å². The number of hydrogen-bond acceptors (Lipinski definition) is 3. The zero-order chi connectivity index (χ0) is 37.0. The fraction of sp³-hybridized carbons (Fsp3) is 0.0189. The van der Waals surface area contributed by atoms with Crippen LogP contribution in [0.5, 0.6) is 0 Å². The van der Waals surface area contributed by atoms with Crippen LogP contribution in [-0.4, -0.2) is 0 Å². The second-order valence-corrected chi connectivity index (χ2v) is 15.6. The molecule has 264 valence electrons. The van der Waals surface area contributed by atoms with Gasteiger partial charge in [0, 0.05) is 48.9 Å². The Morgan fingerprint density at radius 1 is 0.393 bits per heavy atom. The highest BCUT2D eigenvalue weighted by Crippen LogP contribution is 2.42. The molecule has 2 aromatic heterocycles. The number of fused-ring (bicyclic) bond motifs is 7. The summed E-state index contributed by atoms with van der Waals surface area (Å²) in [5.74, 6) is 0. The van der Waals surface area contributed by atoms with Gasteiger partial charge in [-0.05, 0) is 110 Å². The van der Waals surface area contributed by atoms with Gasteiger partial charge in [-0.2, -0.15) is 0 Å². The molecule has 0 atom stereocenters. The molecule has 2 nitrogen and oxygen atoms in total. The lowest BCUT2D eigenvalue weighted by Crippen LogP contribution is -2.17. The van der Waals surface area contributed by atoms with Crippen LogP contribution in [0, 0.1) is 0 Å². The van der Waals surface area contributed by atoms with E-state index in [1.807, 2.05) is 23.5 Å². The molecular formula is C53H35NOS. The highest BCUT2D eigenvalue weighted by molar-refractivity contribution is 7.25. The minimum atomic E-state index is 0.679. The number of anilines is 2. The van der Waals surface area contributed by atoms with E-state index in [0.29, 0.717) is 6.54 Å². The zero-order valence-electron chi connectivity index (χ0n) is 30.5. The molecule has 2 heterocycles. The molecular weight excluding hydrogens is 699 g/mol. The molecule has 0 spiro atoms. The summed E-state index contributed by atoms with van der Waals surface area (Å²) in [5.41, 5.74) is 12.5. The molecule has 0 unspecified atom stereocenters. The van der Waals surface area contributed by atoms with E-state index < -0.39 is 0 Å². The fourth-order valence-electron chi connectivity index (χ4n) is 8.39. The maximum atomic E-state index is 6.34. The van der Waals surface area contributed by atoms with E-state index in [1.54, 1.807) is 0 Å². The highest BCUT2D eigenvalue weighted by atomic mass is 32.1. The molecule has 0 bridgehead atoms. The van der Waals surface area contributed by atoms with Crippen molar-refractivity contribution in [1.82, 2.24) is 0 Å². The predicted molar refractivity (Wildman–Crippen MR) is 239 cm³/mol. The molecule has 0 aliphatic carbocycles. The summed E-state index contributed by atoms with van der Waals surface area (Å²) >= 11 is 1.86. The van der Waals surface area contributed by atoms with Crippen LogP contribution < -0.4 is 4.90 Å². The van der Waals surface area contributed by atoms with E-state index in [0.717, 1.165) is 38.9 Å². The van der Waals surface area contributed by atoms with Crippen molar-refractivity contribution in [3.05, 3.63) is 206 Å². The van der Waals surface area contributed by atoms with Gasteiger partial charge >= 0.3 is 0 Å². The van der Waals surface area contributed by atoms with E-state index in [4.69, 9.17) is 4.42 Å². The van der Waals surface area contributed by atoms with Gasteiger partial charge in [0.25, 0.3) is 0 Å². The van der Waals surface area contributed by atoms with Crippen LogP contribution in [0.4, 0.5) is 11.4 Å². The first kappa shape index (κ1) is 32.5. The van der Waals surface area contributed by atoms with Crippen molar-refractivity contribution in [3.8, 4) is 33.4 Å². The van der Waals surface area contributed by atoms with Crippen LogP contribution in [0.1, 0.15) is 5.56 Å². The number of nitrogens with zero attached hydrogens (tertiary/aromatic N) is 1. The van der Waals surface area contributed by atoms with Crippen molar-refractivity contribution < 1.29 is 4.42 Å². The second kappa shape index (κ2) is 13.4. The van der Waals surface area contributed by atoms with Crippen molar-refractivity contribution >= 4 is 75.6 Å².